The highest BCUT2D eigenvalue weighted by molar-refractivity contribution is 8.00. The first-order valence-electron chi connectivity index (χ1n) is 9.54. The molecule has 0 fully saturated rings. The van der Waals surface area contributed by atoms with E-state index in [0.29, 0.717) is 22.2 Å². The van der Waals surface area contributed by atoms with Gasteiger partial charge in [0, 0.05) is 16.8 Å². The second-order valence-electron chi connectivity index (χ2n) is 6.96. The number of thioether (sulfide) groups is 1. The summed E-state index contributed by atoms with van der Waals surface area (Å²) in [4.78, 5) is 20.6. The summed E-state index contributed by atoms with van der Waals surface area (Å²) < 4.78 is 11.5. The number of nitrogens with one attached hydrogen (secondary N) is 2. The maximum atomic E-state index is 12.8. The second kappa shape index (κ2) is 7.42. The van der Waals surface area contributed by atoms with Gasteiger partial charge < -0.3 is 19.5 Å². The number of ether oxygens (including phenoxy) is 1. The maximum absolute atomic E-state index is 12.8. The minimum Gasteiger partial charge on any atom is -0.495 e. The summed E-state index contributed by atoms with van der Waals surface area (Å²) in [6, 6.07) is 19.3. The van der Waals surface area contributed by atoms with Crippen molar-refractivity contribution in [1.82, 2.24) is 9.97 Å². The molecule has 6 nitrogen and oxygen atoms in total. The van der Waals surface area contributed by atoms with Crippen LogP contribution in [0.25, 0.3) is 33.0 Å². The van der Waals surface area contributed by atoms with Gasteiger partial charge >= 0.3 is 0 Å². The molecular formula is C23H19N3O3S. The van der Waals surface area contributed by atoms with Crippen LogP contribution in [0.1, 0.15) is 6.92 Å². The third-order valence-electron chi connectivity index (χ3n) is 4.98. The number of H-pyrrole nitrogens is 1. The molecule has 0 bridgehead atoms. The molecule has 0 saturated heterocycles. The number of fused-ring (bicyclic) bond motifs is 4. The number of rotatable bonds is 5. The van der Waals surface area contributed by atoms with E-state index in [0.717, 1.165) is 27.4 Å². The van der Waals surface area contributed by atoms with Gasteiger partial charge in [-0.1, -0.05) is 42.1 Å². The van der Waals surface area contributed by atoms with Crippen molar-refractivity contribution in [1.29, 1.82) is 0 Å². The number of furan rings is 1. The van der Waals surface area contributed by atoms with Gasteiger partial charge in [0.1, 0.15) is 16.9 Å². The van der Waals surface area contributed by atoms with Gasteiger partial charge in [-0.25, -0.2) is 4.98 Å². The molecule has 0 aliphatic rings. The normalized spacial score (nSPS) is 12.5. The van der Waals surface area contributed by atoms with E-state index in [-0.39, 0.29) is 11.2 Å². The Labute approximate surface area is 176 Å². The Morgan fingerprint density at radius 2 is 1.90 bits per heavy atom. The molecule has 0 aliphatic carbocycles. The van der Waals surface area contributed by atoms with Gasteiger partial charge in [0.25, 0.3) is 0 Å². The molecule has 1 amide bonds. The maximum Gasteiger partial charge on any atom is 0.237 e. The van der Waals surface area contributed by atoms with Gasteiger partial charge in [-0.15, -0.1) is 0 Å². The first-order chi connectivity index (χ1) is 14.6. The SMILES string of the molecule is COc1cc2c(cc1NC(=O)[C@@H](C)Sc1nc3ccccc3[nH]1)oc1ccccc12. The first-order valence-corrected chi connectivity index (χ1v) is 10.4. The molecule has 0 spiro atoms. The zero-order valence-electron chi connectivity index (χ0n) is 16.4. The van der Waals surface area contributed by atoms with Gasteiger partial charge in [0.2, 0.25) is 5.91 Å². The topological polar surface area (TPSA) is 80.1 Å². The highest BCUT2D eigenvalue weighted by atomic mass is 32.2. The molecule has 2 aromatic heterocycles. The highest BCUT2D eigenvalue weighted by Crippen LogP contribution is 2.36. The van der Waals surface area contributed by atoms with E-state index in [1.807, 2.05) is 67.6 Å². The quantitative estimate of drug-likeness (QED) is 0.364. The number of amides is 1. The molecule has 2 heterocycles. The van der Waals surface area contributed by atoms with Crippen molar-refractivity contribution in [2.75, 3.05) is 12.4 Å². The number of nitrogens with zero attached hydrogens (tertiary/aromatic N) is 1. The number of methoxy groups -OCH3 is 1. The predicted octanol–water partition coefficient (Wildman–Crippen LogP) is 5.59. The predicted molar refractivity (Wildman–Crippen MR) is 120 cm³/mol. The Morgan fingerprint density at radius 3 is 2.73 bits per heavy atom. The van der Waals surface area contributed by atoms with E-state index in [1.165, 1.54) is 11.8 Å². The second-order valence-corrected chi connectivity index (χ2v) is 8.28. The van der Waals surface area contributed by atoms with Crippen LogP contribution in [0.4, 0.5) is 5.69 Å². The van der Waals surface area contributed by atoms with E-state index in [2.05, 4.69) is 15.3 Å². The van der Waals surface area contributed by atoms with Crippen LogP contribution in [-0.2, 0) is 4.79 Å². The molecule has 5 rings (SSSR count). The Hall–Kier alpha value is -3.45. The Morgan fingerprint density at radius 1 is 1.10 bits per heavy atom. The summed E-state index contributed by atoms with van der Waals surface area (Å²) in [5.74, 6) is 0.442. The van der Waals surface area contributed by atoms with Crippen molar-refractivity contribution in [3.05, 3.63) is 60.7 Å². The molecular weight excluding hydrogens is 398 g/mol. The zero-order valence-corrected chi connectivity index (χ0v) is 17.2. The molecule has 2 N–H and O–H groups in total. The third kappa shape index (κ3) is 3.27. The molecule has 3 aromatic carbocycles. The van der Waals surface area contributed by atoms with Crippen molar-refractivity contribution in [2.45, 2.75) is 17.3 Å². The summed E-state index contributed by atoms with van der Waals surface area (Å²) in [6.07, 6.45) is 0. The number of anilines is 1. The first kappa shape index (κ1) is 18.6. The number of benzene rings is 3. The molecule has 5 aromatic rings. The average Bonchev–Trinajstić information content (AvgIpc) is 3.32. The van der Waals surface area contributed by atoms with Crippen molar-refractivity contribution in [3.63, 3.8) is 0 Å². The van der Waals surface area contributed by atoms with Gasteiger partial charge in [-0.3, -0.25) is 4.79 Å². The Balaban J connectivity index is 1.40. The van der Waals surface area contributed by atoms with E-state index in [1.54, 1.807) is 7.11 Å². The summed E-state index contributed by atoms with van der Waals surface area (Å²) in [5, 5.41) is 5.27. The minimum absolute atomic E-state index is 0.144. The smallest absolute Gasteiger partial charge is 0.237 e. The molecule has 30 heavy (non-hydrogen) atoms. The van der Waals surface area contributed by atoms with Gasteiger partial charge in [0.05, 0.1) is 29.1 Å². The molecule has 7 heteroatoms. The minimum atomic E-state index is -0.360. The number of carbonyl (C=O) groups excluding carboxylic acids is 1. The lowest BCUT2D eigenvalue weighted by Crippen LogP contribution is -2.22. The van der Waals surface area contributed by atoms with Crippen molar-refractivity contribution in [2.24, 2.45) is 0 Å². The van der Waals surface area contributed by atoms with Gasteiger partial charge in [-0.05, 0) is 31.2 Å². The molecule has 0 unspecified atom stereocenters. The standard InChI is InChI=1S/C23H19N3O3S/c1-13(30-23-25-16-8-4-5-9-17(16)26-23)22(27)24-18-12-20-15(11-21(18)28-2)14-7-3-6-10-19(14)29-20/h3-13H,1-2H3,(H,24,27)(H,25,26)/t13-/m1/s1. The van der Waals surface area contributed by atoms with Crippen LogP contribution in [0.2, 0.25) is 0 Å². The lowest BCUT2D eigenvalue weighted by Gasteiger charge is -2.13. The van der Waals surface area contributed by atoms with Crippen molar-refractivity contribution < 1.29 is 13.9 Å². The summed E-state index contributed by atoms with van der Waals surface area (Å²) in [5.41, 5.74) is 3.90. The molecule has 1 atom stereocenters. The Bertz CT molecular complexity index is 1360. The fraction of sp³-hybridized carbons (Fsp3) is 0.130. The fourth-order valence-electron chi connectivity index (χ4n) is 3.46. The number of carbonyl (C=O) groups is 1. The fourth-order valence-corrected chi connectivity index (χ4v) is 4.28. The number of aromatic nitrogens is 2. The number of hydrogen-bond donors (Lipinski definition) is 2. The van der Waals surface area contributed by atoms with Gasteiger partial charge in [-0.2, -0.15) is 0 Å². The van der Waals surface area contributed by atoms with Crippen LogP contribution < -0.4 is 10.1 Å². The lowest BCUT2D eigenvalue weighted by atomic mass is 10.1. The summed E-state index contributed by atoms with van der Waals surface area (Å²) >= 11 is 1.37. The largest absolute Gasteiger partial charge is 0.495 e. The van der Waals surface area contributed by atoms with Crippen LogP contribution in [-0.4, -0.2) is 28.2 Å². The van der Waals surface area contributed by atoms with E-state index >= 15 is 0 Å². The molecule has 0 radical (unpaired) electrons. The van der Waals surface area contributed by atoms with Gasteiger partial charge in [0.15, 0.2) is 5.16 Å². The lowest BCUT2D eigenvalue weighted by molar-refractivity contribution is -0.115. The van der Waals surface area contributed by atoms with E-state index in [4.69, 9.17) is 9.15 Å². The number of imidazole rings is 1. The number of hydrogen-bond acceptors (Lipinski definition) is 5. The molecule has 0 aliphatic heterocycles. The third-order valence-corrected chi connectivity index (χ3v) is 5.97. The van der Waals surface area contributed by atoms with Crippen LogP contribution in [0.15, 0.2) is 70.2 Å². The average molecular weight is 417 g/mol. The summed E-state index contributed by atoms with van der Waals surface area (Å²) in [7, 11) is 1.59. The van der Waals surface area contributed by atoms with Crippen LogP contribution >= 0.6 is 11.8 Å². The highest BCUT2D eigenvalue weighted by Gasteiger charge is 2.20. The van der Waals surface area contributed by atoms with E-state index < -0.39 is 0 Å². The van der Waals surface area contributed by atoms with E-state index in [9.17, 15) is 4.79 Å². The molecule has 0 saturated carbocycles. The monoisotopic (exact) mass is 417 g/mol. The Kier molecular flexibility index (Phi) is 4.59. The van der Waals surface area contributed by atoms with Crippen LogP contribution in [0.3, 0.4) is 0 Å². The zero-order chi connectivity index (χ0) is 20.7. The molecule has 150 valence electrons. The number of aromatic amines is 1. The van der Waals surface area contributed by atoms with Crippen molar-refractivity contribution >= 4 is 56.3 Å². The van der Waals surface area contributed by atoms with Crippen LogP contribution in [0.5, 0.6) is 5.75 Å². The number of para-hydroxylation sites is 3. The van der Waals surface area contributed by atoms with Crippen molar-refractivity contribution in [3.8, 4) is 5.75 Å². The van der Waals surface area contributed by atoms with Crippen LogP contribution in [0, 0.1) is 0 Å². The summed E-state index contributed by atoms with van der Waals surface area (Å²) in [6.45, 7) is 1.85.